The van der Waals surface area contributed by atoms with Crippen LogP contribution in [0.5, 0.6) is 5.75 Å². The second-order valence-corrected chi connectivity index (χ2v) is 6.63. The molecule has 9 nitrogen and oxygen atoms in total. The third kappa shape index (κ3) is 4.71. The van der Waals surface area contributed by atoms with Gasteiger partial charge >= 0.3 is 5.69 Å². The molecule has 0 aliphatic heterocycles. The van der Waals surface area contributed by atoms with Crippen LogP contribution in [-0.4, -0.2) is 32.2 Å². The predicted octanol–water partition coefficient (Wildman–Crippen LogP) is 3.65. The van der Waals surface area contributed by atoms with Crippen LogP contribution in [0, 0.1) is 10.1 Å². The quantitative estimate of drug-likeness (QED) is 0.438. The molecular weight excluding hydrogens is 430 g/mol. The maximum atomic E-state index is 12.4. The average molecular weight is 446 g/mol. The van der Waals surface area contributed by atoms with Crippen molar-refractivity contribution >= 4 is 33.5 Å². The van der Waals surface area contributed by atoms with E-state index in [0.29, 0.717) is 6.54 Å². The highest BCUT2D eigenvalue weighted by molar-refractivity contribution is 9.10. The minimum absolute atomic E-state index is 0.110. The number of hydrogen-bond donors (Lipinski definition) is 1. The van der Waals surface area contributed by atoms with E-state index in [1.807, 2.05) is 24.3 Å². The van der Waals surface area contributed by atoms with E-state index in [1.165, 1.54) is 24.5 Å². The van der Waals surface area contributed by atoms with Gasteiger partial charge in [-0.25, -0.2) is 9.67 Å². The van der Waals surface area contributed by atoms with Crippen molar-refractivity contribution in [3.8, 4) is 5.75 Å². The molecule has 0 saturated carbocycles. The van der Waals surface area contributed by atoms with Crippen LogP contribution in [0.25, 0.3) is 0 Å². The van der Waals surface area contributed by atoms with Crippen LogP contribution >= 0.6 is 15.9 Å². The van der Waals surface area contributed by atoms with Crippen LogP contribution in [0.1, 0.15) is 22.8 Å². The van der Waals surface area contributed by atoms with Crippen LogP contribution in [0.15, 0.2) is 53.3 Å². The first kappa shape index (κ1) is 19.5. The fourth-order valence-electron chi connectivity index (χ4n) is 2.46. The van der Waals surface area contributed by atoms with Crippen molar-refractivity contribution < 1.29 is 14.5 Å². The van der Waals surface area contributed by atoms with Crippen molar-refractivity contribution in [1.82, 2.24) is 14.8 Å². The van der Waals surface area contributed by atoms with E-state index in [4.69, 9.17) is 4.74 Å². The lowest BCUT2D eigenvalue weighted by molar-refractivity contribution is -0.385. The summed E-state index contributed by atoms with van der Waals surface area (Å²) < 4.78 is 7.78. The lowest BCUT2D eigenvalue weighted by Gasteiger charge is -2.06. The standard InChI is InChI=1S/C18H16BrN5O4/c1-2-28-16-8-5-13(9-15(16)24(26)27)17(25)21-18-20-11-23(22-18)10-12-3-6-14(19)7-4-12/h3-9,11H,2,10H2,1H3,(H,21,22,25). The van der Waals surface area contributed by atoms with Gasteiger partial charge in [-0.15, -0.1) is 5.10 Å². The number of nitro groups is 1. The number of benzene rings is 2. The van der Waals surface area contributed by atoms with Crippen molar-refractivity contribution in [1.29, 1.82) is 0 Å². The summed E-state index contributed by atoms with van der Waals surface area (Å²) in [5.41, 5.74) is 0.857. The molecule has 0 saturated heterocycles. The Morgan fingerprint density at radius 2 is 2.04 bits per heavy atom. The van der Waals surface area contributed by atoms with Gasteiger partial charge in [0.05, 0.1) is 18.1 Å². The predicted molar refractivity (Wildman–Crippen MR) is 105 cm³/mol. The van der Waals surface area contributed by atoms with Gasteiger partial charge in [-0.2, -0.15) is 0 Å². The molecule has 0 bridgehead atoms. The van der Waals surface area contributed by atoms with Crippen molar-refractivity contribution in [2.45, 2.75) is 13.5 Å². The topological polar surface area (TPSA) is 112 Å². The Morgan fingerprint density at radius 3 is 2.71 bits per heavy atom. The number of hydrogen-bond acceptors (Lipinski definition) is 6. The van der Waals surface area contributed by atoms with Gasteiger partial charge in [-0.3, -0.25) is 20.2 Å². The largest absolute Gasteiger partial charge is 0.487 e. The average Bonchev–Trinajstić information content (AvgIpc) is 3.10. The molecule has 28 heavy (non-hydrogen) atoms. The van der Waals surface area contributed by atoms with E-state index in [2.05, 4.69) is 31.3 Å². The first-order valence-electron chi connectivity index (χ1n) is 8.32. The number of anilines is 1. The molecule has 1 N–H and O–H groups in total. The zero-order chi connectivity index (χ0) is 20.1. The molecule has 3 aromatic rings. The highest BCUT2D eigenvalue weighted by atomic mass is 79.9. The summed E-state index contributed by atoms with van der Waals surface area (Å²) in [4.78, 5) is 27.0. The molecule has 1 heterocycles. The Balaban J connectivity index is 1.71. The van der Waals surface area contributed by atoms with E-state index in [-0.39, 0.29) is 29.6 Å². The lowest BCUT2D eigenvalue weighted by atomic mass is 10.1. The number of nitrogens with one attached hydrogen (secondary N) is 1. The van der Waals surface area contributed by atoms with Gasteiger partial charge in [0.2, 0.25) is 5.95 Å². The van der Waals surface area contributed by atoms with Gasteiger partial charge < -0.3 is 4.74 Å². The SMILES string of the molecule is CCOc1ccc(C(=O)Nc2ncn(Cc3ccc(Br)cc3)n2)cc1[N+](=O)[O-]. The number of rotatable bonds is 7. The zero-order valence-electron chi connectivity index (χ0n) is 14.8. The highest BCUT2D eigenvalue weighted by Crippen LogP contribution is 2.28. The molecule has 2 aromatic carbocycles. The van der Waals surface area contributed by atoms with Crippen LogP contribution in [0.4, 0.5) is 11.6 Å². The van der Waals surface area contributed by atoms with E-state index >= 15 is 0 Å². The Labute approximate surface area is 168 Å². The van der Waals surface area contributed by atoms with Crippen molar-refractivity contribution in [2.24, 2.45) is 0 Å². The summed E-state index contributed by atoms with van der Waals surface area (Å²) in [5, 5.41) is 17.9. The van der Waals surface area contributed by atoms with Crippen LogP contribution < -0.4 is 10.1 Å². The van der Waals surface area contributed by atoms with Crippen LogP contribution in [0.3, 0.4) is 0 Å². The summed E-state index contributed by atoms with van der Waals surface area (Å²) in [6.45, 7) is 2.50. The molecule has 1 amide bonds. The van der Waals surface area contributed by atoms with E-state index in [1.54, 1.807) is 11.6 Å². The van der Waals surface area contributed by atoms with Crippen molar-refractivity contribution in [2.75, 3.05) is 11.9 Å². The summed E-state index contributed by atoms with van der Waals surface area (Å²) in [6.07, 6.45) is 1.50. The van der Waals surface area contributed by atoms with Gasteiger partial charge in [0.1, 0.15) is 6.33 Å². The highest BCUT2D eigenvalue weighted by Gasteiger charge is 2.19. The smallest absolute Gasteiger partial charge is 0.311 e. The second kappa shape index (κ2) is 8.61. The first-order chi connectivity index (χ1) is 13.5. The maximum Gasteiger partial charge on any atom is 0.311 e. The fourth-order valence-corrected chi connectivity index (χ4v) is 2.72. The number of ether oxygens (including phenoxy) is 1. The Kier molecular flexibility index (Phi) is 5.99. The molecule has 0 unspecified atom stereocenters. The number of amides is 1. The molecule has 1 aromatic heterocycles. The number of carbonyl (C=O) groups is 1. The minimum atomic E-state index is -0.590. The zero-order valence-corrected chi connectivity index (χ0v) is 16.4. The first-order valence-corrected chi connectivity index (χ1v) is 9.12. The summed E-state index contributed by atoms with van der Waals surface area (Å²) in [6, 6.07) is 11.8. The lowest BCUT2D eigenvalue weighted by Crippen LogP contribution is -2.14. The molecule has 3 rings (SSSR count). The molecule has 0 radical (unpaired) electrons. The number of halogens is 1. The normalized spacial score (nSPS) is 10.5. The van der Waals surface area contributed by atoms with Gasteiger partial charge in [0.15, 0.2) is 5.75 Å². The number of nitrogens with zero attached hydrogens (tertiary/aromatic N) is 4. The van der Waals surface area contributed by atoms with E-state index < -0.39 is 10.8 Å². The van der Waals surface area contributed by atoms with Gasteiger partial charge in [-0.05, 0) is 36.8 Å². The number of aromatic nitrogens is 3. The Hall–Kier alpha value is -3.27. The fraction of sp³-hybridized carbons (Fsp3) is 0.167. The molecule has 144 valence electrons. The third-order valence-corrected chi connectivity index (χ3v) is 4.27. The summed E-state index contributed by atoms with van der Waals surface area (Å²) in [5.74, 6) is -0.327. The van der Waals surface area contributed by atoms with Gasteiger partial charge in [0, 0.05) is 16.1 Å². The molecule has 0 atom stereocenters. The van der Waals surface area contributed by atoms with Crippen LogP contribution in [0.2, 0.25) is 0 Å². The summed E-state index contributed by atoms with van der Waals surface area (Å²) in [7, 11) is 0. The Morgan fingerprint density at radius 1 is 1.29 bits per heavy atom. The van der Waals surface area contributed by atoms with Gasteiger partial charge in [0.25, 0.3) is 5.91 Å². The number of nitro benzene ring substituents is 1. The Bertz CT molecular complexity index is 1000. The van der Waals surface area contributed by atoms with Gasteiger partial charge in [-0.1, -0.05) is 28.1 Å². The summed E-state index contributed by atoms with van der Waals surface area (Å²) >= 11 is 3.38. The molecule has 0 aliphatic carbocycles. The minimum Gasteiger partial charge on any atom is -0.487 e. The molecule has 10 heteroatoms. The number of carbonyl (C=O) groups excluding carboxylic acids is 1. The molecule has 0 aliphatic rings. The van der Waals surface area contributed by atoms with Crippen molar-refractivity contribution in [3.63, 3.8) is 0 Å². The van der Waals surface area contributed by atoms with Crippen LogP contribution in [-0.2, 0) is 6.54 Å². The van der Waals surface area contributed by atoms with E-state index in [9.17, 15) is 14.9 Å². The second-order valence-electron chi connectivity index (χ2n) is 5.72. The molecule has 0 fully saturated rings. The molecule has 0 spiro atoms. The van der Waals surface area contributed by atoms with E-state index in [0.717, 1.165) is 10.0 Å². The monoisotopic (exact) mass is 445 g/mol. The third-order valence-electron chi connectivity index (χ3n) is 3.74. The molecular formula is C18H16BrN5O4. The van der Waals surface area contributed by atoms with Crippen molar-refractivity contribution in [3.05, 3.63) is 74.5 Å². The maximum absolute atomic E-state index is 12.4.